The number of nitrogens with zero attached hydrogens (tertiary/aromatic N) is 3. The fourth-order valence-electron chi connectivity index (χ4n) is 9.42. The summed E-state index contributed by atoms with van der Waals surface area (Å²) in [6, 6.07) is 63.0. The Bertz CT molecular complexity index is 3800. The van der Waals surface area contributed by atoms with Crippen molar-refractivity contribution in [1.82, 2.24) is 14.5 Å². The van der Waals surface area contributed by atoms with E-state index in [0.717, 1.165) is 71.9 Å². The second-order valence-corrected chi connectivity index (χ2v) is 14.9. The predicted octanol–water partition coefficient (Wildman–Crippen LogP) is 14.1. The summed E-state index contributed by atoms with van der Waals surface area (Å²) in [4.78, 5) is 11.2. The number of benzene rings is 10. The molecule has 56 heavy (non-hydrogen) atoms. The highest BCUT2D eigenvalue weighted by molar-refractivity contribution is 6.36. The zero-order valence-electron chi connectivity index (χ0n) is 30.0. The van der Waals surface area contributed by atoms with Crippen LogP contribution in [0.3, 0.4) is 0 Å². The van der Waals surface area contributed by atoms with Crippen molar-refractivity contribution in [3.63, 3.8) is 0 Å². The molecule has 0 atom stereocenters. The second kappa shape index (κ2) is 11.0. The molecule has 10 aromatic carbocycles. The molecule has 3 aromatic heterocycles. The Morgan fingerprint density at radius 2 is 1.00 bits per heavy atom. The van der Waals surface area contributed by atoms with Crippen LogP contribution in [0.15, 0.2) is 180 Å². The van der Waals surface area contributed by atoms with Crippen molar-refractivity contribution in [1.29, 1.82) is 0 Å². The van der Waals surface area contributed by atoms with Crippen molar-refractivity contribution in [3.8, 4) is 17.1 Å². The van der Waals surface area contributed by atoms with Gasteiger partial charge in [0.15, 0.2) is 5.82 Å². The third-order valence-corrected chi connectivity index (χ3v) is 11.9. The summed E-state index contributed by atoms with van der Waals surface area (Å²) >= 11 is 0. The number of rotatable bonds is 2. The van der Waals surface area contributed by atoms with Gasteiger partial charge in [-0.05, 0) is 91.6 Å². The number of hydrogen-bond donors (Lipinski definition) is 0. The maximum atomic E-state index is 6.30. The lowest BCUT2D eigenvalue weighted by Gasteiger charge is -2.15. The van der Waals surface area contributed by atoms with E-state index in [1.807, 2.05) is 12.1 Å². The number of hydrogen-bond acceptors (Lipinski definition) is 3. The Kier molecular flexibility index (Phi) is 5.86. The summed E-state index contributed by atoms with van der Waals surface area (Å²) < 4.78 is 8.67. The van der Waals surface area contributed by atoms with Gasteiger partial charge in [-0.1, -0.05) is 127 Å². The maximum absolute atomic E-state index is 6.30. The monoisotopic (exact) mass is 711 g/mol. The number of furan rings is 1. The van der Waals surface area contributed by atoms with E-state index in [1.54, 1.807) is 0 Å². The van der Waals surface area contributed by atoms with Crippen LogP contribution in [-0.4, -0.2) is 14.5 Å². The molecule has 0 spiro atoms. The summed E-state index contributed by atoms with van der Waals surface area (Å²) in [5.41, 5.74) is 7.44. The summed E-state index contributed by atoms with van der Waals surface area (Å²) in [5.74, 6) is 0.791. The SMILES string of the molecule is c1ccc2cc3c(cc2c1)c1c2c4ccccc4c4ccccc4c2ccc1n3-c1nc2ccc3ccccc3c2nc1-c1ccc2oc3ccccc3c2c1. The summed E-state index contributed by atoms with van der Waals surface area (Å²) in [5, 5.41) is 16.7. The predicted molar refractivity (Wildman–Crippen MR) is 234 cm³/mol. The molecule has 4 heteroatoms. The van der Waals surface area contributed by atoms with Crippen molar-refractivity contribution in [2.45, 2.75) is 0 Å². The van der Waals surface area contributed by atoms with Crippen LogP contribution in [0.4, 0.5) is 0 Å². The third-order valence-electron chi connectivity index (χ3n) is 11.9. The van der Waals surface area contributed by atoms with Gasteiger partial charge in [0.25, 0.3) is 0 Å². The first-order valence-electron chi connectivity index (χ1n) is 19.1. The minimum Gasteiger partial charge on any atom is -0.456 e. The average Bonchev–Trinajstić information content (AvgIpc) is 3.79. The van der Waals surface area contributed by atoms with Crippen molar-refractivity contribution >= 4 is 109 Å². The van der Waals surface area contributed by atoms with Gasteiger partial charge in [-0.15, -0.1) is 0 Å². The van der Waals surface area contributed by atoms with E-state index in [0.29, 0.717) is 0 Å². The first-order chi connectivity index (χ1) is 27.8. The van der Waals surface area contributed by atoms with Crippen molar-refractivity contribution in [2.75, 3.05) is 0 Å². The van der Waals surface area contributed by atoms with E-state index in [1.165, 1.54) is 53.9 Å². The molecule has 0 saturated carbocycles. The fourth-order valence-corrected chi connectivity index (χ4v) is 9.42. The normalized spacial score (nSPS) is 12.3. The van der Waals surface area contributed by atoms with E-state index >= 15 is 0 Å². The molecule has 13 aromatic rings. The summed E-state index contributed by atoms with van der Waals surface area (Å²) in [7, 11) is 0. The van der Waals surface area contributed by atoms with Crippen LogP contribution in [0.25, 0.3) is 126 Å². The molecular formula is C52H29N3O. The molecule has 0 aliphatic heterocycles. The lowest BCUT2D eigenvalue weighted by Crippen LogP contribution is -2.04. The van der Waals surface area contributed by atoms with Gasteiger partial charge < -0.3 is 4.42 Å². The molecular weight excluding hydrogens is 683 g/mol. The largest absolute Gasteiger partial charge is 0.456 e. The molecule has 0 saturated heterocycles. The highest BCUT2D eigenvalue weighted by atomic mass is 16.3. The standard InChI is InChI=1S/C52H29N3O/c1-2-13-32-29-45-42(27-31(32)12-1)49-44(25-23-40-37-17-6-5-15-35(37)36-16-7-8-19-39(36)48(40)49)55(45)52-50(54-51-34-14-4-3-11-30(34)21-24-43(51)53-52)33-22-26-47-41(28-33)38-18-9-10-20-46(38)56-47/h1-29H. The van der Waals surface area contributed by atoms with Crippen LogP contribution >= 0.6 is 0 Å². The molecule has 0 aliphatic carbocycles. The van der Waals surface area contributed by atoms with Gasteiger partial charge in [0.2, 0.25) is 0 Å². The summed E-state index contributed by atoms with van der Waals surface area (Å²) in [6.07, 6.45) is 0. The van der Waals surface area contributed by atoms with Crippen LogP contribution in [0.5, 0.6) is 0 Å². The van der Waals surface area contributed by atoms with Crippen LogP contribution in [0.1, 0.15) is 0 Å². The van der Waals surface area contributed by atoms with E-state index in [2.05, 4.69) is 168 Å². The Balaban J connectivity index is 1.24. The van der Waals surface area contributed by atoms with Gasteiger partial charge in [0.05, 0.1) is 22.1 Å². The maximum Gasteiger partial charge on any atom is 0.165 e. The topological polar surface area (TPSA) is 43.9 Å². The van der Waals surface area contributed by atoms with Gasteiger partial charge in [0, 0.05) is 37.9 Å². The number of para-hydroxylation sites is 1. The first kappa shape index (κ1) is 29.8. The molecule has 0 fully saturated rings. The smallest absolute Gasteiger partial charge is 0.165 e. The van der Waals surface area contributed by atoms with Crippen LogP contribution < -0.4 is 0 Å². The van der Waals surface area contributed by atoms with E-state index in [4.69, 9.17) is 14.4 Å². The Morgan fingerprint density at radius 1 is 0.375 bits per heavy atom. The van der Waals surface area contributed by atoms with Crippen molar-refractivity contribution in [3.05, 3.63) is 176 Å². The lowest BCUT2D eigenvalue weighted by molar-refractivity contribution is 0.669. The Hall–Kier alpha value is -7.56. The van der Waals surface area contributed by atoms with Crippen LogP contribution in [0, 0.1) is 0 Å². The molecule has 0 aliphatic rings. The molecule has 0 bridgehead atoms. The van der Waals surface area contributed by atoms with E-state index in [-0.39, 0.29) is 0 Å². The third kappa shape index (κ3) is 4.02. The number of fused-ring (bicyclic) bond motifs is 17. The quantitative estimate of drug-likeness (QED) is 0.168. The first-order valence-corrected chi connectivity index (χ1v) is 19.1. The number of aromatic nitrogens is 3. The zero-order chi connectivity index (χ0) is 36.5. The zero-order valence-corrected chi connectivity index (χ0v) is 30.0. The molecule has 0 N–H and O–H groups in total. The second-order valence-electron chi connectivity index (χ2n) is 14.9. The van der Waals surface area contributed by atoms with Crippen molar-refractivity contribution < 1.29 is 4.42 Å². The molecule has 13 rings (SSSR count). The average molecular weight is 712 g/mol. The molecule has 3 heterocycles. The van der Waals surface area contributed by atoms with E-state index in [9.17, 15) is 0 Å². The van der Waals surface area contributed by atoms with Crippen LogP contribution in [-0.2, 0) is 0 Å². The van der Waals surface area contributed by atoms with Gasteiger partial charge in [0.1, 0.15) is 16.9 Å². The van der Waals surface area contributed by atoms with Gasteiger partial charge in [-0.25, -0.2) is 9.97 Å². The Morgan fingerprint density at radius 3 is 1.80 bits per heavy atom. The molecule has 0 radical (unpaired) electrons. The van der Waals surface area contributed by atoms with Crippen molar-refractivity contribution in [2.24, 2.45) is 0 Å². The lowest BCUT2D eigenvalue weighted by atomic mass is 9.91. The van der Waals surface area contributed by atoms with Gasteiger partial charge in [-0.3, -0.25) is 4.57 Å². The molecule has 4 nitrogen and oxygen atoms in total. The molecule has 0 amide bonds. The molecule has 258 valence electrons. The highest BCUT2D eigenvalue weighted by Gasteiger charge is 2.24. The van der Waals surface area contributed by atoms with Gasteiger partial charge in [-0.2, -0.15) is 0 Å². The molecule has 0 unspecified atom stereocenters. The summed E-state index contributed by atoms with van der Waals surface area (Å²) in [6.45, 7) is 0. The van der Waals surface area contributed by atoms with E-state index < -0.39 is 0 Å². The minimum absolute atomic E-state index is 0.791. The van der Waals surface area contributed by atoms with Gasteiger partial charge >= 0.3 is 0 Å². The Labute approximate surface area is 319 Å². The van der Waals surface area contributed by atoms with Crippen LogP contribution in [0.2, 0.25) is 0 Å². The highest BCUT2D eigenvalue weighted by Crippen LogP contribution is 2.45. The minimum atomic E-state index is 0.791. The fraction of sp³-hybridized carbons (Fsp3) is 0.